The minimum atomic E-state index is -0.0442. The zero-order valence-electron chi connectivity index (χ0n) is 17.0. The number of amides is 1. The zero-order chi connectivity index (χ0) is 20.3. The van der Waals surface area contributed by atoms with Crippen LogP contribution in [0.25, 0.3) is 10.2 Å². The van der Waals surface area contributed by atoms with E-state index in [-0.39, 0.29) is 11.5 Å². The van der Waals surface area contributed by atoms with Gasteiger partial charge in [0.05, 0.1) is 11.1 Å². The quantitative estimate of drug-likeness (QED) is 0.379. The molecule has 1 amide bonds. The Kier molecular flexibility index (Phi) is 6.99. The van der Waals surface area contributed by atoms with Crippen LogP contribution in [0, 0.1) is 19.8 Å². The number of carbonyl (C=O) groups is 1. The topological polar surface area (TPSA) is 55.2 Å². The summed E-state index contributed by atoms with van der Waals surface area (Å²) in [5.74, 6) is 1.01. The van der Waals surface area contributed by atoms with Gasteiger partial charge in [-0.1, -0.05) is 37.1 Å². The molecule has 28 heavy (non-hydrogen) atoms. The second-order valence-corrected chi connectivity index (χ2v) is 9.77. The predicted octanol–water partition coefficient (Wildman–Crippen LogP) is 4.39. The number of nitrogens with zero attached hydrogens (tertiary/aromatic N) is 3. The zero-order valence-corrected chi connectivity index (χ0v) is 18.6. The van der Waals surface area contributed by atoms with Crippen LogP contribution in [0.15, 0.2) is 22.6 Å². The maximum Gasteiger partial charge on any atom is 0.263 e. The minimum absolute atomic E-state index is 0.0442. The first-order valence-corrected chi connectivity index (χ1v) is 11.7. The molecule has 3 rings (SSSR count). The molecule has 0 bridgehead atoms. The lowest BCUT2D eigenvalue weighted by atomic mass is 9.89. The highest BCUT2D eigenvalue weighted by Crippen LogP contribution is 2.29. The molecular formula is C21H29N3O2S2. The van der Waals surface area contributed by atoms with E-state index in [1.807, 2.05) is 25.8 Å². The monoisotopic (exact) mass is 419 g/mol. The smallest absolute Gasteiger partial charge is 0.263 e. The number of aromatic nitrogens is 2. The Morgan fingerprint density at radius 3 is 2.75 bits per heavy atom. The third-order valence-corrected chi connectivity index (χ3v) is 7.64. The van der Waals surface area contributed by atoms with Crippen molar-refractivity contribution in [3.8, 4) is 0 Å². The number of hydrogen-bond donors (Lipinski definition) is 0. The highest BCUT2D eigenvalue weighted by atomic mass is 32.2. The van der Waals surface area contributed by atoms with Crippen molar-refractivity contribution in [1.82, 2.24) is 14.5 Å². The normalized spacial score (nSPS) is 15.1. The van der Waals surface area contributed by atoms with Crippen molar-refractivity contribution in [1.29, 1.82) is 0 Å². The largest absolute Gasteiger partial charge is 0.345 e. The van der Waals surface area contributed by atoms with Crippen LogP contribution in [0.4, 0.5) is 0 Å². The van der Waals surface area contributed by atoms with E-state index in [9.17, 15) is 9.59 Å². The summed E-state index contributed by atoms with van der Waals surface area (Å²) in [4.78, 5) is 34.0. The molecule has 2 aromatic rings. The van der Waals surface area contributed by atoms with E-state index in [0.717, 1.165) is 21.8 Å². The van der Waals surface area contributed by atoms with Crippen LogP contribution >= 0.6 is 23.1 Å². The van der Waals surface area contributed by atoms with E-state index in [2.05, 4.69) is 6.58 Å². The second-order valence-electron chi connectivity index (χ2n) is 7.63. The highest BCUT2D eigenvalue weighted by Gasteiger charge is 2.20. The number of thioether (sulfide) groups is 1. The predicted molar refractivity (Wildman–Crippen MR) is 118 cm³/mol. The molecule has 0 saturated heterocycles. The summed E-state index contributed by atoms with van der Waals surface area (Å²) >= 11 is 2.89. The highest BCUT2D eigenvalue weighted by molar-refractivity contribution is 7.99. The maximum absolute atomic E-state index is 13.0. The van der Waals surface area contributed by atoms with Gasteiger partial charge < -0.3 is 4.90 Å². The molecule has 0 spiro atoms. The average Bonchev–Trinajstić information content (AvgIpc) is 2.97. The summed E-state index contributed by atoms with van der Waals surface area (Å²) in [5.41, 5.74) is 0.951. The van der Waals surface area contributed by atoms with Gasteiger partial charge in [0.2, 0.25) is 5.91 Å². The van der Waals surface area contributed by atoms with Gasteiger partial charge in [-0.05, 0) is 38.2 Å². The van der Waals surface area contributed by atoms with Gasteiger partial charge in [-0.2, -0.15) is 0 Å². The lowest BCUT2D eigenvalue weighted by Crippen LogP contribution is -2.34. The molecule has 1 fully saturated rings. The molecule has 0 aliphatic heterocycles. The molecule has 152 valence electrons. The summed E-state index contributed by atoms with van der Waals surface area (Å²) in [6.07, 6.45) is 8.01. The minimum Gasteiger partial charge on any atom is -0.345 e. The number of hydrogen-bond acceptors (Lipinski definition) is 5. The fraction of sp³-hybridized carbons (Fsp3) is 0.571. The van der Waals surface area contributed by atoms with Gasteiger partial charge in [0.1, 0.15) is 4.83 Å². The van der Waals surface area contributed by atoms with Gasteiger partial charge in [0.15, 0.2) is 5.16 Å². The molecule has 7 heteroatoms. The summed E-state index contributed by atoms with van der Waals surface area (Å²) in [6, 6.07) is 0. The van der Waals surface area contributed by atoms with Crippen molar-refractivity contribution in [2.45, 2.75) is 57.7 Å². The van der Waals surface area contributed by atoms with E-state index in [1.165, 1.54) is 55.2 Å². The molecule has 0 aromatic carbocycles. The summed E-state index contributed by atoms with van der Waals surface area (Å²) < 4.78 is 1.63. The van der Waals surface area contributed by atoms with E-state index in [0.29, 0.717) is 28.8 Å². The molecule has 0 radical (unpaired) electrons. The summed E-state index contributed by atoms with van der Waals surface area (Å²) in [6.45, 7) is 8.96. The Bertz CT molecular complexity index is 926. The SMILES string of the molecule is C=CCn1c(SCC(=O)N(C)CC2CCCCC2)nc2sc(C)c(C)c2c1=O. The third kappa shape index (κ3) is 4.51. The molecule has 1 aliphatic rings. The van der Waals surface area contributed by atoms with Crippen molar-refractivity contribution in [2.24, 2.45) is 5.92 Å². The molecule has 1 aliphatic carbocycles. The maximum atomic E-state index is 13.0. The van der Waals surface area contributed by atoms with E-state index in [1.54, 1.807) is 10.6 Å². The number of fused-ring (bicyclic) bond motifs is 1. The van der Waals surface area contributed by atoms with Crippen molar-refractivity contribution < 1.29 is 4.79 Å². The molecule has 0 atom stereocenters. The number of thiophene rings is 1. The van der Waals surface area contributed by atoms with E-state index in [4.69, 9.17) is 4.98 Å². The number of rotatable bonds is 7. The second kappa shape index (κ2) is 9.27. The first-order chi connectivity index (χ1) is 13.4. The van der Waals surface area contributed by atoms with Gasteiger partial charge in [0.25, 0.3) is 5.56 Å². The third-order valence-electron chi connectivity index (χ3n) is 5.57. The average molecular weight is 420 g/mol. The Hall–Kier alpha value is -1.60. The molecule has 1 saturated carbocycles. The Morgan fingerprint density at radius 2 is 2.07 bits per heavy atom. The van der Waals surface area contributed by atoms with Gasteiger partial charge in [-0.15, -0.1) is 17.9 Å². The van der Waals surface area contributed by atoms with Gasteiger partial charge >= 0.3 is 0 Å². The summed E-state index contributed by atoms with van der Waals surface area (Å²) in [5, 5.41) is 1.28. The van der Waals surface area contributed by atoms with Crippen LogP contribution in [0.5, 0.6) is 0 Å². The Balaban J connectivity index is 1.75. The Morgan fingerprint density at radius 1 is 1.36 bits per heavy atom. The first-order valence-electron chi connectivity index (χ1n) is 9.90. The van der Waals surface area contributed by atoms with Gasteiger partial charge in [-0.25, -0.2) is 4.98 Å². The van der Waals surface area contributed by atoms with E-state index < -0.39 is 0 Å². The number of allylic oxidation sites excluding steroid dienone is 1. The number of aryl methyl sites for hydroxylation is 2. The van der Waals surface area contributed by atoms with Crippen LogP contribution in [0.2, 0.25) is 0 Å². The van der Waals surface area contributed by atoms with Gasteiger partial charge in [0, 0.05) is 25.0 Å². The van der Waals surface area contributed by atoms with Crippen LogP contribution in [0.1, 0.15) is 42.5 Å². The number of carbonyl (C=O) groups excluding carboxylic acids is 1. The molecule has 2 aromatic heterocycles. The molecular weight excluding hydrogens is 390 g/mol. The lowest BCUT2D eigenvalue weighted by Gasteiger charge is -2.27. The summed E-state index contributed by atoms with van der Waals surface area (Å²) in [7, 11) is 1.89. The molecule has 5 nitrogen and oxygen atoms in total. The van der Waals surface area contributed by atoms with E-state index >= 15 is 0 Å². The van der Waals surface area contributed by atoms with Crippen LogP contribution in [-0.2, 0) is 11.3 Å². The standard InChI is InChI=1S/C21H29N3O2S2/c1-5-11-24-20(26)18-14(2)15(3)28-19(18)22-21(24)27-13-17(25)23(4)12-16-9-7-6-8-10-16/h5,16H,1,6-13H2,2-4H3. The van der Waals surface area contributed by atoms with Crippen molar-refractivity contribution in [3.63, 3.8) is 0 Å². The van der Waals surface area contributed by atoms with Crippen molar-refractivity contribution in [2.75, 3.05) is 19.3 Å². The van der Waals surface area contributed by atoms with Crippen LogP contribution in [-0.4, -0.2) is 39.7 Å². The Labute approximate surface area is 174 Å². The molecule has 0 N–H and O–H groups in total. The van der Waals surface area contributed by atoms with Crippen molar-refractivity contribution >= 4 is 39.2 Å². The fourth-order valence-corrected chi connectivity index (χ4v) is 5.82. The fourth-order valence-electron chi connectivity index (χ4n) is 3.80. The lowest BCUT2D eigenvalue weighted by molar-refractivity contribution is -0.127. The molecule has 2 heterocycles. The van der Waals surface area contributed by atoms with Gasteiger partial charge in [-0.3, -0.25) is 14.2 Å². The van der Waals surface area contributed by atoms with Crippen LogP contribution in [0.3, 0.4) is 0 Å². The molecule has 0 unspecified atom stereocenters. The first kappa shape index (κ1) is 21.1. The van der Waals surface area contributed by atoms with Crippen LogP contribution < -0.4 is 5.56 Å². The van der Waals surface area contributed by atoms with Crippen molar-refractivity contribution in [3.05, 3.63) is 33.4 Å².